The number of nitrogens with zero attached hydrogens (tertiary/aromatic N) is 3. The van der Waals surface area contributed by atoms with Crippen LogP contribution < -0.4 is 15.5 Å². The van der Waals surface area contributed by atoms with Gasteiger partial charge in [-0.15, -0.1) is 0 Å². The lowest BCUT2D eigenvalue weighted by Gasteiger charge is -2.18. The van der Waals surface area contributed by atoms with Gasteiger partial charge in [0.2, 0.25) is 11.8 Å². The molecule has 1 saturated carbocycles. The number of benzene rings is 2. The van der Waals surface area contributed by atoms with Gasteiger partial charge in [0, 0.05) is 38.1 Å². The molecule has 2 aromatic carbocycles. The molecule has 2 amide bonds. The van der Waals surface area contributed by atoms with E-state index in [9.17, 15) is 18.8 Å². The summed E-state index contributed by atoms with van der Waals surface area (Å²) in [7, 11) is 5.86. The van der Waals surface area contributed by atoms with E-state index in [1.807, 2.05) is 39.0 Å². The third-order valence-electron chi connectivity index (χ3n) is 14.5. The topological polar surface area (TPSA) is 104 Å². The number of halogens is 1. The fourth-order valence-corrected chi connectivity index (χ4v) is 9.39. The maximum atomic E-state index is 12.4. The van der Waals surface area contributed by atoms with Crippen LogP contribution in [0, 0.1) is 45.3 Å². The van der Waals surface area contributed by atoms with Crippen LogP contribution in [0.25, 0.3) is 5.57 Å². The molecule has 2 fully saturated rings. The minimum Gasteiger partial charge on any atom is -0.500 e. The second kappa shape index (κ2) is 45.5. The molecule has 4 aliphatic rings. The van der Waals surface area contributed by atoms with Crippen molar-refractivity contribution in [3.63, 3.8) is 0 Å². The van der Waals surface area contributed by atoms with Gasteiger partial charge in [-0.1, -0.05) is 196 Å². The molecule has 1 saturated heterocycles. The number of ketones is 1. The summed E-state index contributed by atoms with van der Waals surface area (Å²) in [6.45, 7) is 32.7. The number of amides is 2. The van der Waals surface area contributed by atoms with Crippen LogP contribution in [0.3, 0.4) is 0 Å². The molecule has 10 heteroatoms. The Bertz CT molecular complexity index is 2220. The number of carbonyl (C=O) groups is 3. The van der Waals surface area contributed by atoms with Gasteiger partial charge in [-0.05, 0) is 118 Å². The van der Waals surface area contributed by atoms with Crippen LogP contribution in [0.2, 0.25) is 0 Å². The second-order valence-corrected chi connectivity index (χ2v) is 22.6. The van der Waals surface area contributed by atoms with E-state index in [1.165, 1.54) is 157 Å². The second-order valence-electron chi connectivity index (χ2n) is 22.6. The van der Waals surface area contributed by atoms with Gasteiger partial charge in [-0.3, -0.25) is 24.7 Å². The normalized spacial score (nSPS) is 15.3. The number of hydrogen-bond acceptors (Lipinski definition) is 7. The number of Topliss-reactive ketones (excluding diaryl/α,β-unsaturated/α-hetero) is 1. The zero-order valence-electron chi connectivity index (χ0n) is 54.4. The first kappa shape index (κ1) is 74.9. The SMILES string of the molecule is C1CCCC1.CCC/C=C1/Nc2ccc(C)cc2N1C.CCCC.CCCCC(C)CCC.CCCCCC(C)CCC.COC1=C(c2cc(C(C)=O)cc(C)n2)C(C)=[N+](C)CC1.Cc1cc(C)cc(F)c1.O=C1CCCC(=O)N1. The largest absolute Gasteiger partial charge is 0.500 e. The first-order chi connectivity index (χ1) is 38.2. The van der Waals surface area contributed by atoms with Crippen LogP contribution in [-0.2, 0) is 14.3 Å². The number of aromatic nitrogens is 1. The van der Waals surface area contributed by atoms with E-state index >= 15 is 0 Å². The number of imide groups is 1. The lowest BCUT2D eigenvalue weighted by molar-refractivity contribution is -0.497. The van der Waals surface area contributed by atoms with Crippen molar-refractivity contribution in [2.45, 2.75) is 258 Å². The highest BCUT2D eigenvalue weighted by atomic mass is 19.1. The molecule has 0 bridgehead atoms. The number of methoxy groups -OCH3 is 1. The zero-order chi connectivity index (χ0) is 60.4. The highest BCUT2D eigenvalue weighted by molar-refractivity contribution is 6.20. The summed E-state index contributed by atoms with van der Waals surface area (Å²) in [5.74, 6) is 3.71. The van der Waals surface area contributed by atoms with E-state index in [2.05, 4.69) is 140 Å². The summed E-state index contributed by atoms with van der Waals surface area (Å²) in [4.78, 5) is 39.1. The van der Waals surface area contributed by atoms with E-state index in [1.54, 1.807) is 14.0 Å². The predicted octanol–water partition coefficient (Wildman–Crippen LogP) is 19.6. The molecule has 452 valence electrons. The summed E-state index contributed by atoms with van der Waals surface area (Å²) < 4.78 is 20.1. The maximum absolute atomic E-state index is 12.4. The summed E-state index contributed by atoms with van der Waals surface area (Å²) >= 11 is 0. The number of pyridine rings is 1. The fourth-order valence-electron chi connectivity index (χ4n) is 9.39. The van der Waals surface area contributed by atoms with E-state index < -0.39 is 0 Å². The van der Waals surface area contributed by atoms with Crippen LogP contribution in [-0.4, -0.2) is 60.6 Å². The standard InChI is InChI=1S/C16H21N2O2.C13H18N2.C10H22.C9H20.C8H9F.C5H7NO2.C5H10.C4H10/c1-10-8-13(12(3)19)9-14(17-10)16-11(2)18(4)7-6-15(16)20-5;1-4-5-6-13-14-11-8-7-10(2)9-12(11)15(13)3;1-4-6-7-9-10(3)8-5-2;1-4-6-8-9(3)7-5-2;1-6-3-7(2)5-8(9)4-6;7-4-2-1-3-5(8)6-4;1-2-4-5-3-1;1-3-4-2/h8-9H,6-7H2,1-5H3;6-9,14H,4-5H2,1-3H3;10H,4-9H2,1-3H3;9H,4-8H2,1-3H3;3-5H,1-2H3;1-3H2,(H,6,7,8);1-5H2;3-4H2,1-2H3/q+1;;;;;;;/b;13-6-;;;;;;. The van der Waals surface area contributed by atoms with E-state index in [-0.39, 0.29) is 23.4 Å². The van der Waals surface area contributed by atoms with Gasteiger partial charge in [0.1, 0.15) is 36.6 Å². The number of carbonyl (C=O) groups excluding carboxylic acids is 3. The number of nitrogens with one attached hydrogen (secondary N) is 2. The Balaban J connectivity index is 0.000000933. The molecular weight excluding hydrogens is 994 g/mol. The van der Waals surface area contributed by atoms with Crippen molar-refractivity contribution >= 4 is 40.3 Å². The van der Waals surface area contributed by atoms with Crippen LogP contribution in [0.15, 0.2) is 66.2 Å². The van der Waals surface area contributed by atoms with Crippen LogP contribution in [0.1, 0.15) is 269 Å². The van der Waals surface area contributed by atoms with Crippen LogP contribution >= 0.6 is 0 Å². The van der Waals surface area contributed by atoms with Gasteiger partial charge in [-0.2, -0.15) is 0 Å². The van der Waals surface area contributed by atoms with Gasteiger partial charge < -0.3 is 15.0 Å². The minimum absolute atomic E-state index is 0.0538. The molecule has 0 radical (unpaired) electrons. The molecule has 2 atom stereocenters. The average molecular weight is 1110 g/mol. The molecule has 0 spiro atoms. The first-order valence-corrected chi connectivity index (χ1v) is 31.4. The number of anilines is 2. The third-order valence-corrected chi connectivity index (χ3v) is 14.5. The zero-order valence-corrected chi connectivity index (χ0v) is 54.4. The van der Waals surface area contributed by atoms with E-state index in [0.717, 1.165) is 70.8 Å². The highest BCUT2D eigenvalue weighted by Gasteiger charge is 2.27. The Hall–Kier alpha value is -5.12. The summed E-state index contributed by atoms with van der Waals surface area (Å²) in [6, 6.07) is 15.2. The Morgan fingerprint density at radius 1 is 0.675 bits per heavy atom. The number of aryl methyl sites for hydroxylation is 4. The monoisotopic (exact) mass is 1110 g/mol. The van der Waals surface area contributed by atoms with Gasteiger partial charge in [-0.25, -0.2) is 8.97 Å². The van der Waals surface area contributed by atoms with E-state index in [0.29, 0.717) is 24.8 Å². The Kier molecular flexibility index (Phi) is 42.6. The van der Waals surface area contributed by atoms with Crippen molar-refractivity contribution in [2.24, 2.45) is 11.8 Å². The van der Waals surface area contributed by atoms with Gasteiger partial charge in [0.25, 0.3) is 0 Å². The molecule has 3 aromatic rings. The van der Waals surface area contributed by atoms with Crippen molar-refractivity contribution in [3.8, 4) is 0 Å². The van der Waals surface area contributed by atoms with Crippen LogP contribution in [0.5, 0.6) is 0 Å². The van der Waals surface area contributed by atoms with Crippen molar-refractivity contribution < 1.29 is 28.1 Å². The Morgan fingerprint density at radius 2 is 1.23 bits per heavy atom. The number of rotatable bonds is 17. The summed E-state index contributed by atoms with van der Waals surface area (Å²) in [5, 5.41) is 5.63. The summed E-state index contributed by atoms with van der Waals surface area (Å²) in [6.07, 6.45) is 32.7. The molecule has 1 aliphatic carbocycles. The lowest BCUT2D eigenvalue weighted by Crippen LogP contribution is -2.33. The highest BCUT2D eigenvalue weighted by Crippen LogP contribution is 2.36. The molecule has 1 aromatic heterocycles. The quantitative estimate of drug-likeness (QED) is 0.0601. The molecule has 2 unspecified atom stereocenters. The summed E-state index contributed by atoms with van der Waals surface area (Å²) in [5.41, 5.74) is 10.2. The predicted molar refractivity (Wildman–Crippen MR) is 344 cm³/mol. The smallest absolute Gasteiger partial charge is 0.226 e. The van der Waals surface area contributed by atoms with Crippen molar-refractivity contribution in [2.75, 3.05) is 38.0 Å². The van der Waals surface area contributed by atoms with Gasteiger partial charge in [0.15, 0.2) is 11.5 Å². The van der Waals surface area contributed by atoms with Crippen molar-refractivity contribution in [1.82, 2.24) is 10.3 Å². The Morgan fingerprint density at radius 3 is 1.68 bits per heavy atom. The molecule has 4 heterocycles. The molecule has 2 N–H and O–H groups in total. The minimum atomic E-state index is -0.146. The van der Waals surface area contributed by atoms with Crippen LogP contribution in [0.4, 0.5) is 15.8 Å². The van der Waals surface area contributed by atoms with Gasteiger partial charge in [0.05, 0.1) is 30.6 Å². The first-order valence-electron chi connectivity index (χ1n) is 31.4. The fraction of sp³-hybridized carbons (Fsp3) is 0.643. The number of fused-ring (bicyclic) bond motifs is 1. The molecule has 7 rings (SSSR count). The number of unbranched alkanes of at least 4 members (excludes halogenated alkanes) is 5. The van der Waals surface area contributed by atoms with Crippen molar-refractivity contribution in [3.05, 3.63) is 106 Å². The average Bonchev–Trinajstić information content (AvgIpc) is 4.12. The number of piperidine rings is 1. The molecule has 80 heavy (non-hydrogen) atoms. The lowest BCUT2D eigenvalue weighted by atomic mass is 9.98. The van der Waals surface area contributed by atoms with Crippen molar-refractivity contribution in [1.29, 1.82) is 0 Å². The van der Waals surface area contributed by atoms with E-state index in [4.69, 9.17) is 4.74 Å². The number of ether oxygens (including phenoxy) is 1. The molecular formula is C70H117FN5O4+. The number of hydrogen-bond donors (Lipinski definition) is 2. The maximum Gasteiger partial charge on any atom is 0.226 e. The van der Waals surface area contributed by atoms with Gasteiger partial charge >= 0.3 is 0 Å². The number of allylic oxidation sites excluding steroid dienone is 2. The Labute approximate surface area is 489 Å². The third kappa shape index (κ3) is 33.6. The molecule has 3 aliphatic heterocycles. The molecule has 9 nitrogen and oxygen atoms in total.